The van der Waals surface area contributed by atoms with Crippen LogP contribution in [-0.4, -0.2) is 22.5 Å². The van der Waals surface area contributed by atoms with Crippen LogP contribution in [0.5, 0.6) is 11.5 Å². The number of fused-ring (bicyclic) bond motifs is 1. The second kappa shape index (κ2) is 11.5. The van der Waals surface area contributed by atoms with Crippen LogP contribution < -0.4 is 15.0 Å². The molecule has 9 heteroatoms. The molecule has 4 aromatic rings. The quantitative estimate of drug-likeness (QED) is 0.200. The lowest BCUT2D eigenvalue weighted by Gasteiger charge is -2.15. The molecule has 0 saturated heterocycles. The number of hydrogen-bond donors (Lipinski definition) is 0. The third-order valence-electron chi connectivity index (χ3n) is 5.33. The van der Waals surface area contributed by atoms with Gasteiger partial charge in [0.05, 0.1) is 28.7 Å². The zero-order valence-corrected chi connectivity index (χ0v) is 23.1. The maximum absolute atomic E-state index is 13.3. The van der Waals surface area contributed by atoms with Crippen molar-refractivity contribution in [3.63, 3.8) is 0 Å². The number of hydrogen-bond acceptors (Lipinski definition) is 5. The number of ether oxygens (including phenoxy) is 2. The minimum atomic E-state index is -0.253. The van der Waals surface area contributed by atoms with Crippen LogP contribution >= 0.6 is 39.1 Å². The predicted octanol–water partition coefficient (Wildman–Crippen LogP) is 7.45. The van der Waals surface area contributed by atoms with Gasteiger partial charge in [0.25, 0.3) is 5.56 Å². The smallest absolute Gasteiger partial charge is 0.282 e. The van der Waals surface area contributed by atoms with E-state index in [2.05, 4.69) is 26.0 Å². The van der Waals surface area contributed by atoms with Crippen molar-refractivity contribution in [3.05, 3.63) is 96.4 Å². The molecule has 186 valence electrons. The second-order valence-electron chi connectivity index (χ2n) is 8.29. The summed E-state index contributed by atoms with van der Waals surface area (Å²) in [6, 6.07) is 16.3. The highest BCUT2D eigenvalue weighted by molar-refractivity contribution is 9.10. The summed E-state index contributed by atoms with van der Waals surface area (Å²) >= 11 is 16.3. The van der Waals surface area contributed by atoms with Crippen molar-refractivity contribution < 1.29 is 9.47 Å². The maximum Gasteiger partial charge on any atom is 0.282 e. The molecule has 0 aliphatic carbocycles. The molecule has 0 atom stereocenters. The SMILES string of the molecule is CCOc1cc(C=Nn2c(C(C)C)nc3ccc(Br)cc3c2=O)cc(Cl)c1OCc1ccccc1Cl. The first kappa shape index (κ1) is 26.2. The van der Waals surface area contributed by atoms with Crippen molar-refractivity contribution in [2.75, 3.05) is 6.61 Å². The lowest BCUT2D eigenvalue weighted by molar-refractivity contribution is 0.269. The van der Waals surface area contributed by atoms with Crippen molar-refractivity contribution in [2.45, 2.75) is 33.3 Å². The summed E-state index contributed by atoms with van der Waals surface area (Å²) in [5, 5.41) is 5.92. The first-order chi connectivity index (χ1) is 17.3. The van der Waals surface area contributed by atoms with E-state index in [4.69, 9.17) is 32.7 Å². The molecule has 0 amide bonds. The third kappa shape index (κ3) is 5.75. The molecule has 0 saturated carbocycles. The summed E-state index contributed by atoms with van der Waals surface area (Å²) in [7, 11) is 0. The number of nitrogens with zero attached hydrogens (tertiary/aromatic N) is 3. The fraction of sp³-hybridized carbons (Fsp3) is 0.222. The number of aromatic nitrogens is 2. The van der Waals surface area contributed by atoms with Gasteiger partial charge in [-0.15, -0.1) is 0 Å². The molecule has 0 aliphatic rings. The van der Waals surface area contributed by atoms with Crippen LogP contribution in [0.25, 0.3) is 10.9 Å². The molecule has 1 aromatic heterocycles. The van der Waals surface area contributed by atoms with Crippen LogP contribution in [-0.2, 0) is 6.61 Å². The van der Waals surface area contributed by atoms with E-state index in [1.165, 1.54) is 4.68 Å². The fourth-order valence-electron chi connectivity index (χ4n) is 3.61. The summed E-state index contributed by atoms with van der Waals surface area (Å²) in [4.78, 5) is 17.9. The molecule has 0 radical (unpaired) electrons. The van der Waals surface area contributed by atoms with Gasteiger partial charge in [-0.05, 0) is 48.9 Å². The highest BCUT2D eigenvalue weighted by Gasteiger charge is 2.16. The van der Waals surface area contributed by atoms with Gasteiger partial charge >= 0.3 is 0 Å². The van der Waals surface area contributed by atoms with Crippen LogP contribution in [0.3, 0.4) is 0 Å². The Morgan fingerprint density at radius 1 is 1.08 bits per heavy atom. The van der Waals surface area contributed by atoms with Gasteiger partial charge in [-0.3, -0.25) is 4.79 Å². The lowest BCUT2D eigenvalue weighted by Crippen LogP contribution is -2.23. The molecular formula is C27H24BrCl2N3O3. The molecule has 0 spiro atoms. The van der Waals surface area contributed by atoms with Gasteiger partial charge in [-0.1, -0.05) is 71.2 Å². The Morgan fingerprint density at radius 3 is 2.58 bits per heavy atom. The number of benzene rings is 3. The maximum atomic E-state index is 13.3. The lowest BCUT2D eigenvalue weighted by atomic mass is 10.2. The topological polar surface area (TPSA) is 65.7 Å². The molecule has 0 aliphatic heterocycles. The first-order valence-corrected chi connectivity index (χ1v) is 12.9. The van der Waals surface area contributed by atoms with E-state index < -0.39 is 0 Å². The Balaban J connectivity index is 1.71. The van der Waals surface area contributed by atoms with Crippen LogP contribution in [0.2, 0.25) is 10.0 Å². The van der Waals surface area contributed by atoms with Gasteiger partial charge < -0.3 is 9.47 Å². The number of halogens is 3. The molecule has 36 heavy (non-hydrogen) atoms. The molecule has 0 N–H and O–H groups in total. The van der Waals surface area contributed by atoms with Crippen molar-refractivity contribution in [2.24, 2.45) is 5.10 Å². The Labute approximate surface area is 227 Å². The Bertz CT molecular complexity index is 1500. The van der Waals surface area contributed by atoms with E-state index in [1.807, 2.05) is 51.1 Å². The molecule has 6 nitrogen and oxygen atoms in total. The van der Waals surface area contributed by atoms with E-state index >= 15 is 0 Å². The Hall–Kier alpha value is -2.87. The van der Waals surface area contributed by atoms with E-state index in [0.29, 0.717) is 50.4 Å². The largest absolute Gasteiger partial charge is 0.490 e. The summed E-state index contributed by atoms with van der Waals surface area (Å²) in [5.41, 5.74) is 1.85. The van der Waals surface area contributed by atoms with E-state index in [9.17, 15) is 4.79 Å². The highest BCUT2D eigenvalue weighted by atomic mass is 79.9. The summed E-state index contributed by atoms with van der Waals surface area (Å²) < 4.78 is 13.9. The van der Waals surface area contributed by atoms with Gasteiger partial charge in [-0.25, -0.2) is 4.98 Å². The standard InChI is InChI=1S/C27H24BrCl2N3O3/c1-4-35-24-12-17(11-22(30)25(24)36-15-18-7-5-6-8-21(18)29)14-31-33-26(16(2)3)32-23-10-9-19(28)13-20(23)27(33)34/h5-14,16H,4,15H2,1-3H3. The molecule has 0 bridgehead atoms. The first-order valence-electron chi connectivity index (χ1n) is 11.4. The third-order valence-corrected chi connectivity index (χ3v) is 6.48. The van der Waals surface area contributed by atoms with E-state index in [1.54, 1.807) is 30.5 Å². The minimum absolute atomic E-state index is 0.0222. The monoisotopic (exact) mass is 587 g/mol. The normalized spacial score (nSPS) is 11.5. The zero-order valence-electron chi connectivity index (χ0n) is 20.0. The van der Waals surface area contributed by atoms with Crippen LogP contribution in [0.4, 0.5) is 0 Å². The number of rotatable bonds is 8. The summed E-state index contributed by atoms with van der Waals surface area (Å²) in [6.45, 7) is 6.46. The van der Waals surface area contributed by atoms with E-state index in [0.717, 1.165) is 10.0 Å². The zero-order chi connectivity index (χ0) is 25.8. The van der Waals surface area contributed by atoms with Gasteiger partial charge in [0.2, 0.25) is 0 Å². The average molecular weight is 589 g/mol. The molecule has 3 aromatic carbocycles. The van der Waals surface area contributed by atoms with Crippen molar-refractivity contribution in [1.82, 2.24) is 9.66 Å². The van der Waals surface area contributed by atoms with Gasteiger partial charge in [0.15, 0.2) is 11.5 Å². The van der Waals surface area contributed by atoms with Gasteiger partial charge in [0, 0.05) is 21.0 Å². The molecule has 1 heterocycles. The molecule has 4 rings (SSSR count). The van der Waals surface area contributed by atoms with Gasteiger partial charge in [0.1, 0.15) is 12.4 Å². The van der Waals surface area contributed by atoms with E-state index in [-0.39, 0.29) is 18.1 Å². The van der Waals surface area contributed by atoms with Crippen LogP contribution in [0.15, 0.2) is 69.0 Å². The minimum Gasteiger partial charge on any atom is -0.490 e. The molecule has 0 fully saturated rings. The Kier molecular flexibility index (Phi) is 8.34. The van der Waals surface area contributed by atoms with Crippen LogP contribution in [0.1, 0.15) is 43.6 Å². The fourth-order valence-corrected chi connectivity index (χ4v) is 4.43. The van der Waals surface area contributed by atoms with Crippen molar-refractivity contribution in [1.29, 1.82) is 0 Å². The van der Waals surface area contributed by atoms with Gasteiger partial charge in [-0.2, -0.15) is 9.78 Å². The second-order valence-corrected chi connectivity index (χ2v) is 10.0. The van der Waals surface area contributed by atoms with Crippen molar-refractivity contribution in [3.8, 4) is 11.5 Å². The van der Waals surface area contributed by atoms with Crippen LogP contribution in [0, 0.1) is 0 Å². The summed E-state index contributed by atoms with van der Waals surface area (Å²) in [5.74, 6) is 1.41. The summed E-state index contributed by atoms with van der Waals surface area (Å²) in [6.07, 6.45) is 1.56. The average Bonchev–Trinajstić information content (AvgIpc) is 2.84. The predicted molar refractivity (Wildman–Crippen MR) is 149 cm³/mol. The Morgan fingerprint density at radius 2 is 1.86 bits per heavy atom. The highest BCUT2D eigenvalue weighted by Crippen LogP contribution is 2.37. The van der Waals surface area contributed by atoms with Crippen molar-refractivity contribution >= 4 is 56.2 Å². The molecular weight excluding hydrogens is 565 g/mol. The molecule has 0 unspecified atom stereocenters.